The molecule has 1 saturated carbocycles. The highest BCUT2D eigenvalue weighted by Crippen LogP contribution is 2.24. The zero-order valence-electron chi connectivity index (χ0n) is 14.2. The van der Waals surface area contributed by atoms with Gasteiger partial charge in [0.25, 0.3) is 0 Å². The Morgan fingerprint density at radius 2 is 1.77 bits per heavy atom. The molecule has 132 valence electrons. The van der Waals surface area contributed by atoms with Crippen molar-refractivity contribution in [3.05, 3.63) is 71.4 Å². The van der Waals surface area contributed by atoms with Crippen molar-refractivity contribution in [3.63, 3.8) is 0 Å². The molecule has 1 heterocycles. The van der Waals surface area contributed by atoms with Gasteiger partial charge in [-0.15, -0.1) is 0 Å². The molecule has 26 heavy (non-hydrogen) atoms. The molecule has 0 unspecified atom stereocenters. The minimum atomic E-state index is 0.502. The molecule has 3 aromatic rings. The van der Waals surface area contributed by atoms with E-state index in [4.69, 9.17) is 16.3 Å². The van der Waals surface area contributed by atoms with E-state index in [0.717, 1.165) is 27.8 Å². The van der Waals surface area contributed by atoms with Gasteiger partial charge in [-0.3, -0.25) is 0 Å². The number of anilines is 3. The molecule has 5 nitrogen and oxygen atoms in total. The molecule has 1 aromatic heterocycles. The van der Waals surface area contributed by atoms with Gasteiger partial charge in [-0.2, -0.15) is 4.98 Å². The topological polar surface area (TPSA) is 59.1 Å². The molecule has 0 atom stereocenters. The molecular weight excluding hydrogens is 348 g/mol. The SMILES string of the molecule is Clc1ccc(COc2ccc(Nc3nccc(NC4CC4)n3)cc2)cc1. The molecule has 1 aliphatic carbocycles. The molecule has 4 rings (SSSR count). The summed E-state index contributed by atoms with van der Waals surface area (Å²) in [5.41, 5.74) is 1.98. The Balaban J connectivity index is 1.34. The number of rotatable bonds is 7. The number of hydrogen-bond acceptors (Lipinski definition) is 5. The maximum absolute atomic E-state index is 5.89. The first-order valence-electron chi connectivity index (χ1n) is 8.58. The van der Waals surface area contributed by atoms with E-state index in [1.807, 2.05) is 54.6 Å². The van der Waals surface area contributed by atoms with E-state index in [-0.39, 0.29) is 0 Å². The summed E-state index contributed by atoms with van der Waals surface area (Å²) in [6.07, 6.45) is 4.18. The van der Waals surface area contributed by atoms with E-state index >= 15 is 0 Å². The second kappa shape index (κ2) is 7.62. The second-order valence-electron chi connectivity index (χ2n) is 6.25. The van der Waals surface area contributed by atoms with Crippen LogP contribution in [0.15, 0.2) is 60.8 Å². The monoisotopic (exact) mass is 366 g/mol. The van der Waals surface area contributed by atoms with Gasteiger partial charge in [-0.25, -0.2) is 4.98 Å². The van der Waals surface area contributed by atoms with Gasteiger partial charge >= 0.3 is 0 Å². The number of nitrogens with one attached hydrogen (secondary N) is 2. The van der Waals surface area contributed by atoms with Gasteiger partial charge in [-0.05, 0) is 60.9 Å². The first-order chi connectivity index (χ1) is 12.7. The Labute approximate surface area is 157 Å². The van der Waals surface area contributed by atoms with Crippen LogP contribution < -0.4 is 15.4 Å². The van der Waals surface area contributed by atoms with Crippen molar-refractivity contribution in [2.24, 2.45) is 0 Å². The van der Waals surface area contributed by atoms with Crippen LogP contribution in [0.1, 0.15) is 18.4 Å². The Hall–Kier alpha value is -2.79. The van der Waals surface area contributed by atoms with Crippen LogP contribution >= 0.6 is 11.6 Å². The van der Waals surface area contributed by atoms with Crippen molar-refractivity contribution in [1.82, 2.24) is 9.97 Å². The molecule has 0 radical (unpaired) electrons. The van der Waals surface area contributed by atoms with E-state index in [1.54, 1.807) is 6.20 Å². The van der Waals surface area contributed by atoms with Crippen LogP contribution in [0.4, 0.5) is 17.5 Å². The fourth-order valence-corrected chi connectivity index (χ4v) is 2.57. The third kappa shape index (κ3) is 4.64. The zero-order chi connectivity index (χ0) is 17.8. The molecule has 1 aliphatic rings. The van der Waals surface area contributed by atoms with Gasteiger partial charge in [0.05, 0.1) is 0 Å². The summed E-state index contributed by atoms with van der Waals surface area (Å²) in [6, 6.07) is 17.8. The van der Waals surface area contributed by atoms with E-state index in [1.165, 1.54) is 12.8 Å². The van der Waals surface area contributed by atoms with E-state index in [9.17, 15) is 0 Å². The van der Waals surface area contributed by atoms with E-state index < -0.39 is 0 Å². The largest absolute Gasteiger partial charge is 0.489 e. The summed E-state index contributed by atoms with van der Waals surface area (Å²) in [7, 11) is 0. The van der Waals surface area contributed by atoms with Crippen molar-refractivity contribution in [2.45, 2.75) is 25.5 Å². The Morgan fingerprint density at radius 1 is 1.00 bits per heavy atom. The van der Waals surface area contributed by atoms with Gasteiger partial charge in [0.1, 0.15) is 18.2 Å². The first kappa shape index (κ1) is 16.7. The van der Waals surface area contributed by atoms with Crippen LogP contribution in [0.25, 0.3) is 0 Å². The number of benzene rings is 2. The fraction of sp³-hybridized carbons (Fsp3) is 0.200. The van der Waals surface area contributed by atoms with Crippen molar-refractivity contribution in [1.29, 1.82) is 0 Å². The van der Waals surface area contributed by atoms with Crippen LogP contribution in [-0.2, 0) is 6.61 Å². The normalized spacial score (nSPS) is 13.3. The minimum Gasteiger partial charge on any atom is -0.489 e. The fourth-order valence-electron chi connectivity index (χ4n) is 2.45. The van der Waals surface area contributed by atoms with Gasteiger partial charge < -0.3 is 15.4 Å². The summed E-state index contributed by atoms with van der Waals surface area (Å²) < 4.78 is 5.79. The Kier molecular flexibility index (Phi) is 4.88. The van der Waals surface area contributed by atoms with Gasteiger partial charge in [-0.1, -0.05) is 23.7 Å². The van der Waals surface area contributed by atoms with Crippen molar-refractivity contribution in [2.75, 3.05) is 10.6 Å². The molecule has 1 fully saturated rings. The van der Waals surface area contributed by atoms with Gasteiger partial charge in [0.2, 0.25) is 5.95 Å². The predicted molar refractivity (Wildman–Crippen MR) is 104 cm³/mol. The lowest BCUT2D eigenvalue weighted by Crippen LogP contribution is -2.05. The summed E-state index contributed by atoms with van der Waals surface area (Å²) in [4.78, 5) is 8.74. The summed E-state index contributed by atoms with van der Waals surface area (Å²) >= 11 is 5.89. The highest BCUT2D eigenvalue weighted by molar-refractivity contribution is 6.30. The Morgan fingerprint density at radius 3 is 2.50 bits per heavy atom. The standard InChI is InChI=1S/C20H19ClN4O/c21-15-3-1-14(2-4-15)13-26-18-9-7-17(8-10-18)24-20-22-12-11-19(25-20)23-16-5-6-16/h1-4,7-12,16H,5-6,13H2,(H2,22,23,24,25). The minimum absolute atomic E-state index is 0.502. The number of aromatic nitrogens is 2. The third-order valence-electron chi connectivity index (χ3n) is 4.01. The molecule has 6 heteroatoms. The van der Waals surface area contributed by atoms with Crippen molar-refractivity contribution >= 4 is 29.1 Å². The van der Waals surface area contributed by atoms with E-state index in [0.29, 0.717) is 18.6 Å². The quantitative estimate of drug-likeness (QED) is 0.614. The molecule has 2 N–H and O–H groups in total. The predicted octanol–water partition coefficient (Wildman–Crippen LogP) is 5.03. The summed E-state index contributed by atoms with van der Waals surface area (Å²) in [5, 5.41) is 7.31. The van der Waals surface area contributed by atoms with Crippen LogP contribution in [0, 0.1) is 0 Å². The highest BCUT2D eigenvalue weighted by atomic mass is 35.5. The average Bonchev–Trinajstić information content (AvgIpc) is 3.47. The van der Waals surface area contributed by atoms with Gasteiger partial charge in [0, 0.05) is 22.9 Å². The lowest BCUT2D eigenvalue weighted by Gasteiger charge is -2.09. The maximum Gasteiger partial charge on any atom is 0.229 e. The number of halogens is 1. The highest BCUT2D eigenvalue weighted by Gasteiger charge is 2.21. The van der Waals surface area contributed by atoms with Crippen molar-refractivity contribution < 1.29 is 4.74 Å². The second-order valence-corrected chi connectivity index (χ2v) is 6.69. The van der Waals surface area contributed by atoms with E-state index in [2.05, 4.69) is 20.6 Å². The van der Waals surface area contributed by atoms with Crippen LogP contribution in [0.5, 0.6) is 5.75 Å². The number of ether oxygens (including phenoxy) is 1. The Bertz CT molecular complexity index is 864. The molecule has 0 amide bonds. The molecule has 2 aromatic carbocycles. The molecular formula is C20H19ClN4O. The van der Waals surface area contributed by atoms with Crippen LogP contribution in [0.3, 0.4) is 0 Å². The molecule has 0 saturated heterocycles. The number of hydrogen-bond donors (Lipinski definition) is 2. The lowest BCUT2D eigenvalue weighted by molar-refractivity contribution is 0.306. The lowest BCUT2D eigenvalue weighted by atomic mass is 10.2. The molecule has 0 bridgehead atoms. The summed E-state index contributed by atoms with van der Waals surface area (Å²) in [6.45, 7) is 0.502. The van der Waals surface area contributed by atoms with Crippen molar-refractivity contribution in [3.8, 4) is 5.75 Å². The molecule has 0 spiro atoms. The smallest absolute Gasteiger partial charge is 0.229 e. The number of nitrogens with zero attached hydrogens (tertiary/aromatic N) is 2. The third-order valence-corrected chi connectivity index (χ3v) is 4.27. The maximum atomic E-state index is 5.89. The zero-order valence-corrected chi connectivity index (χ0v) is 14.9. The van der Waals surface area contributed by atoms with Gasteiger partial charge in [0.15, 0.2) is 0 Å². The summed E-state index contributed by atoms with van der Waals surface area (Å²) in [5.74, 6) is 2.23. The molecule has 0 aliphatic heterocycles. The van der Waals surface area contributed by atoms with Crippen LogP contribution in [-0.4, -0.2) is 16.0 Å². The first-order valence-corrected chi connectivity index (χ1v) is 8.96. The van der Waals surface area contributed by atoms with Crippen LogP contribution in [0.2, 0.25) is 5.02 Å². The average molecular weight is 367 g/mol.